The van der Waals surface area contributed by atoms with Gasteiger partial charge in [-0.05, 0) is 12.8 Å². The highest BCUT2D eigenvalue weighted by Crippen LogP contribution is 2.26. The average Bonchev–Trinajstić information content (AvgIpc) is 2.33. The van der Waals surface area contributed by atoms with Crippen molar-refractivity contribution < 1.29 is 22.7 Å². The van der Waals surface area contributed by atoms with E-state index in [0.717, 1.165) is 25.7 Å². The zero-order valence-electron chi connectivity index (χ0n) is 10.9. The molecule has 1 amide bonds. The third kappa shape index (κ3) is 5.99. The third-order valence-electron chi connectivity index (χ3n) is 3.26. The Balaban J connectivity index is 2.28. The fourth-order valence-corrected chi connectivity index (χ4v) is 2.66. The number of carbonyl (C=O) groups excluding carboxylic acids is 1. The SMILES string of the molecule is CN(C(=O)CCOCC(F)(F)F)C1CCCCC1Cl. The van der Waals surface area contributed by atoms with E-state index in [-0.39, 0.29) is 30.4 Å². The monoisotopic (exact) mass is 301 g/mol. The second-order valence-corrected chi connectivity index (χ2v) is 5.35. The number of rotatable bonds is 5. The number of halogens is 4. The molecular formula is C12H19ClF3NO2. The number of nitrogens with zero attached hydrogens (tertiary/aromatic N) is 1. The molecule has 0 aromatic rings. The maximum Gasteiger partial charge on any atom is 0.411 e. The molecule has 0 heterocycles. The first-order chi connectivity index (χ1) is 8.81. The lowest BCUT2D eigenvalue weighted by molar-refractivity contribution is -0.175. The van der Waals surface area contributed by atoms with Crippen molar-refractivity contribution in [1.82, 2.24) is 4.90 Å². The van der Waals surface area contributed by atoms with Gasteiger partial charge < -0.3 is 9.64 Å². The summed E-state index contributed by atoms with van der Waals surface area (Å²) >= 11 is 6.17. The molecule has 112 valence electrons. The van der Waals surface area contributed by atoms with Crippen LogP contribution in [0.4, 0.5) is 13.2 Å². The van der Waals surface area contributed by atoms with Crippen molar-refractivity contribution in [3.05, 3.63) is 0 Å². The highest BCUT2D eigenvalue weighted by molar-refractivity contribution is 6.21. The quantitative estimate of drug-likeness (QED) is 0.577. The van der Waals surface area contributed by atoms with Crippen LogP contribution >= 0.6 is 11.6 Å². The Morgan fingerprint density at radius 2 is 2.00 bits per heavy atom. The molecule has 0 aromatic carbocycles. The number of hydrogen-bond acceptors (Lipinski definition) is 2. The molecule has 1 saturated carbocycles. The minimum Gasteiger partial charge on any atom is -0.372 e. The smallest absolute Gasteiger partial charge is 0.372 e. The molecular weight excluding hydrogens is 283 g/mol. The van der Waals surface area contributed by atoms with E-state index in [1.165, 1.54) is 0 Å². The largest absolute Gasteiger partial charge is 0.411 e. The van der Waals surface area contributed by atoms with Crippen LogP contribution in [0.15, 0.2) is 0 Å². The van der Waals surface area contributed by atoms with Gasteiger partial charge in [-0.1, -0.05) is 12.8 Å². The zero-order chi connectivity index (χ0) is 14.5. The first-order valence-corrected chi connectivity index (χ1v) is 6.79. The standard InChI is InChI=1S/C12H19ClF3NO2/c1-17(10-5-3-2-4-9(10)13)11(18)6-7-19-8-12(14,15)16/h9-10H,2-8H2,1H3. The van der Waals surface area contributed by atoms with E-state index in [0.29, 0.717) is 0 Å². The van der Waals surface area contributed by atoms with Crippen molar-refractivity contribution in [2.75, 3.05) is 20.3 Å². The molecule has 1 aliphatic carbocycles. The summed E-state index contributed by atoms with van der Waals surface area (Å²) in [5, 5.41) is -0.0706. The van der Waals surface area contributed by atoms with E-state index in [1.807, 2.05) is 0 Å². The van der Waals surface area contributed by atoms with Crippen molar-refractivity contribution in [2.24, 2.45) is 0 Å². The summed E-state index contributed by atoms with van der Waals surface area (Å²) in [6.45, 7) is -1.53. The highest BCUT2D eigenvalue weighted by Gasteiger charge is 2.30. The van der Waals surface area contributed by atoms with Crippen LogP contribution in [0.25, 0.3) is 0 Å². The molecule has 2 atom stereocenters. The number of ether oxygens (including phenoxy) is 1. The molecule has 1 rings (SSSR count). The zero-order valence-corrected chi connectivity index (χ0v) is 11.6. The van der Waals surface area contributed by atoms with E-state index >= 15 is 0 Å². The van der Waals surface area contributed by atoms with Crippen molar-refractivity contribution in [2.45, 2.75) is 49.7 Å². The number of alkyl halides is 4. The fourth-order valence-electron chi connectivity index (χ4n) is 2.21. The van der Waals surface area contributed by atoms with Crippen molar-refractivity contribution >= 4 is 17.5 Å². The highest BCUT2D eigenvalue weighted by atomic mass is 35.5. The Hall–Kier alpha value is -0.490. The molecule has 0 aliphatic heterocycles. The lowest BCUT2D eigenvalue weighted by atomic mass is 9.94. The lowest BCUT2D eigenvalue weighted by Gasteiger charge is -2.35. The van der Waals surface area contributed by atoms with E-state index in [1.54, 1.807) is 11.9 Å². The molecule has 19 heavy (non-hydrogen) atoms. The number of amides is 1. The van der Waals surface area contributed by atoms with Gasteiger partial charge in [-0.3, -0.25) is 4.79 Å². The first-order valence-electron chi connectivity index (χ1n) is 6.35. The van der Waals surface area contributed by atoms with Gasteiger partial charge in [-0.2, -0.15) is 13.2 Å². The van der Waals surface area contributed by atoms with Gasteiger partial charge >= 0.3 is 6.18 Å². The van der Waals surface area contributed by atoms with Crippen LogP contribution in [0.1, 0.15) is 32.1 Å². The summed E-state index contributed by atoms with van der Waals surface area (Å²) in [7, 11) is 1.65. The molecule has 0 radical (unpaired) electrons. The van der Waals surface area contributed by atoms with E-state index in [2.05, 4.69) is 4.74 Å². The molecule has 1 aliphatic rings. The maximum atomic E-state index is 11.8. The van der Waals surface area contributed by atoms with Crippen LogP contribution in [0.3, 0.4) is 0 Å². The van der Waals surface area contributed by atoms with Gasteiger partial charge in [-0.25, -0.2) is 0 Å². The molecule has 7 heteroatoms. The van der Waals surface area contributed by atoms with Gasteiger partial charge in [0.2, 0.25) is 5.91 Å². The summed E-state index contributed by atoms with van der Waals surface area (Å²) in [5.41, 5.74) is 0. The van der Waals surface area contributed by atoms with E-state index < -0.39 is 12.8 Å². The Morgan fingerprint density at radius 1 is 1.37 bits per heavy atom. The van der Waals surface area contributed by atoms with Crippen LogP contribution in [0.5, 0.6) is 0 Å². The summed E-state index contributed by atoms with van der Waals surface area (Å²) in [4.78, 5) is 13.4. The van der Waals surface area contributed by atoms with Gasteiger partial charge in [0.15, 0.2) is 0 Å². The molecule has 1 fully saturated rings. The molecule has 2 unspecified atom stereocenters. The van der Waals surface area contributed by atoms with Crippen LogP contribution in [0.2, 0.25) is 0 Å². The molecule has 0 spiro atoms. The molecule has 0 bridgehead atoms. The van der Waals surface area contributed by atoms with Gasteiger partial charge in [0, 0.05) is 13.1 Å². The molecule has 0 aromatic heterocycles. The van der Waals surface area contributed by atoms with Crippen LogP contribution in [0, 0.1) is 0 Å². The maximum absolute atomic E-state index is 11.8. The van der Waals surface area contributed by atoms with E-state index in [4.69, 9.17) is 11.6 Å². The van der Waals surface area contributed by atoms with E-state index in [9.17, 15) is 18.0 Å². The number of carbonyl (C=O) groups is 1. The summed E-state index contributed by atoms with van der Waals surface area (Å²) in [6.07, 6.45) is -0.599. The second-order valence-electron chi connectivity index (χ2n) is 4.79. The minimum absolute atomic E-state index is 0.0227. The summed E-state index contributed by atoms with van der Waals surface area (Å²) < 4.78 is 40.0. The molecule has 0 saturated heterocycles. The fraction of sp³-hybridized carbons (Fsp3) is 0.917. The van der Waals surface area contributed by atoms with Gasteiger partial charge in [0.1, 0.15) is 6.61 Å². The Morgan fingerprint density at radius 3 is 2.58 bits per heavy atom. The minimum atomic E-state index is -4.35. The topological polar surface area (TPSA) is 29.5 Å². The predicted molar refractivity (Wildman–Crippen MR) is 66.2 cm³/mol. The Labute approximate surface area is 116 Å². The van der Waals surface area contributed by atoms with Crippen molar-refractivity contribution in [3.8, 4) is 0 Å². The van der Waals surface area contributed by atoms with Crippen molar-refractivity contribution in [3.63, 3.8) is 0 Å². The molecule has 0 N–H and O–H groups in total. The Kier molecular flexibility index (Phi) is 6.39. The van der Waals surface area contributed by atoms with Gasteiger partial charge in [0.05, 0.1) is 18.4 Å². The third-order valence-corrected chi connectivity index (χ3v) is 3.77. The van der Waals surface area contributed by atoms with Crippen LogP contribution in [-0.2, 0) is 9.53 Å². The summed E-state index contributed by atoms with van der Waals surface area (Å²) in [5.74, 6) is -0.222. The second kappa shape index (κ2) is 7.33. The van der Waals surface area contributed by atoms with Gasteiger partial charge in [-0.15, -0.1) is 11.6 Å². The van der Waals surface area contributed by atoms with Crippen LogP contribution < -0.4 is 0 Å². The Bertz CT molecular complexity index is 299. The lowest BCUT2D eigenvalue weighted by Crippen LogP contribution is -2.44. The first kappa shape index (κ1) is 16.6. The molecule has 3 nitrogen and oxygen atoms in total. The van der Waals surface area contributed by atoms with Gasteiger partial charge in [0.25, 0.3) is 0 Å². The predicted octanol–water partition coefficient (Wildman–Crippen LogP) is 2.96. The number of hydrogen-bond donors (Lipinski definition) is 0. The van der Waals surface area contributed by atoms with Crippen molar-refractivity contribution in [1.29, 1.82) is 0 Å². The van der Waals surface area contributed by atoms with Crippen LogP contribution in [-0.4, -0.2) is 48.7 Å². The average molecular weight is 302 g/mol. The summed E-state index contributed by atoms with van der Waals surface area (Å²) in [6, 6.07) is -0.0227. The normalized spacial score (nSPS) is 24.3.